The second-order valence-corrected chi connectivity index (χ2v) is 7.94. The zero-order valence-electron chi connectivity index (χ0n) is 14.9. The maximum absolute atomic E-state index is 5.26. The third-order valence-electron chi connectivity index (χ3n) is 6.27. The van der Waals surface area contributed by atoms with E-state index in [1.54, 1.807) is 0 Å². The summed E-state index contributed by atoms with van der Waals surface area (Å²) in [4.78, 5) is 7.94. The van der Waals surface area contributed by atoms with Gasteiger partial charge in [-0.25, -0.2) is 0 Å². The Balaban J connectivity index is 1.50. The van der Waals surface area contributed by atoms with Crippen LogP contribution < -0.4 is 0 Å². The molecule has 5 rings (SSSR count). The van der Waals surface area contributed by atoms with E-state index >= 15 is 0 Å². The Kier molecular flexibility index (Phi) is 3.74. The van der Waals surface area contributed by atoms with Crippen LogP contribution in [0.3, 0.4) is 0 Å². The van der Waals surface area contributed by atoms with E-state index in [4.69, 9.17) is 4.99 Å². The van der Waals surface area contributed by atoms with E-state index in [0.29, 0.717) is 18.2 Å². The van der Waals surface area contributed by atoms with E-state index in [1.165, 1.54) is 54.5 Å². The molecule has 1 saturated heterocycles. The van der Waals surface area contributed by atoms with Crippen LogP contribution in [0.4, 0.5) is 0 Å². The average Bonchev–Trinajstić information content (AvgIpc) is 3.28. The standard InChI is InChI=1S/C23H26N2/c1-16-12-14-17(15-13-16)20-22-21(18-8-4-2-5-9-18)25(22)23(24-20)19-10-6-3-7-11-19/h2,4-5,8-9,12-15,19,21-23H,3,6-7,10-11H2,1H3/t21-,22-,23+,25?/m1/s1. The van der Waals surface area contributed by atoms with Crippen LogP contribution in [0.5, 0.6) is 0 Å². The van der Waals surface area contributed by atoms with Crippen LogP contribution >= 0.6 is 0 Å². The van der Waals surface area contributed by atoms with Crippen molar-refractivity contribution >= 4 is 5.71 Å². The molecule has 2 heteroatoms. The summed E-state index contributed by atoms with van der Waals surface area (Å²) in [5.74, 6) is 0.743. The number of aliphatic imine (C=N–C) groups is 1. The number of hydrogen-bond acceptors (Lipinski definition) is 2. The van der Waals surface area contributed by atoms with Gasteiger partial charge in [-0.1, -0.05) is 79.4 Å². The van der Waals surface area contributed by atoms with Gasteiger partial charge in [0.15, 0.2) is 0 Å². The molecule has 2 aromatic carbocycles. The summed E-state index contributed by atoms with van der Waals surface area (Å²) in [5.41, 5.74) is 5.41. The Labute approximate surface area is 150 Å². The van der Waals surface area contributed by atoms with E-state index in [-0.39, 0.29) is 0 Å². The van der Waals surface area contributed by atoms with Crippen molar-refractivity contribution in [3.05, 3.63) is 71.3 Å². The maximum Gasteiger partial charge on any atom is 0.106 e. The molecule has 1 saturated carbocycles. The monoisotopic (exact) mass is 330 g/mol. The molecule has 2 nitrogen and oxygen atoms in total. The van der Waals surface area contributed by atoms with Gasteiger partial charge in [0.1, 0.15) is 6.17 Å². The second-order valence-electron chi connectivity index (χ2n) is 7.94. The minimum absolute atomic E-state index is 0.395. The van der Waals surface area contributed by atoms with E-state index in [2.05, 4.69) is 66.4 Å². The lowest BCUT2D eigenvalue weighted by atomic mass is 9.87. The largest absolute Gasteiger partial charge is 0.268 e. The van der Waals surface area contributed by atoms with Gasteiger partial charge in [-0.3, -0.25) is 9.89 Å². The molecule has 1 unspecified atom stereocenters. The maximum atomic E-state index is 5.26. The summed E-state index contributed by atoms with van der Waals surface area (Å²) in [6.07, 6.45) is 7.26. The molecule has 0 spiro atoms. The summed E-state index contributed by atoms with van der Waals surface area (Å²) in [5, 5.41) is 0. The van der Waals surface area contributed by atoms with Crippen molar-refractivity contribution in [2.24, 2.45) is 10.9 Å². The number of rotatable bonds is 3. The predicted octanol–water partition coefficient (Wildman–Crippen LogP) is 5.13. The zero-order valence-corrected chi connectivity index (χ0v) is 14.9. The van der Waals surface area contributed by atoms with E-state index in [9.17, 15) is 0 Å². The Morgan fingerprint density at radius 1 is 0.840 bits per heavy atom. The topological polar surface area (TPSA) is 15.4 Å². The average molecular weight is 330 g/mol. The van der Waals surface area contributed by atoms with Gasteiger partial charge in [-0.05, 0) is 36.8 Å². The molecule has 128 valence electrons. The fourth-order valence-electron chi connectivity index (χ4n) is 4.91. The van der Waals surface area contributed by atoms with Crippen molar-refractivity contribution < 1.29 is 0 Å². The van der Waals surface area contributed by atoms with Crippen molar-refractivity contribution in [1.29, 1.82) is 0 Å². The molecule has 0 amide bonds. The molecule has 0 bridgehead atoms. The van der Waals surface area contributed by atoms with Crippen LogP contribution in [-0.2, 0) is 0 Å². The molecule has 3 aliphatic rings. The lowest BCUT2D eigenvalue weighted by Crippen LogP contribution is -2.27. The van der Waals surface area contributed by atoms with E-state index in [1.807, 2.05) is 0 Å². The van der Waals surface area contributed by atoms with E-state index in [0.717, 1.165) is 5.92 Å². The van der Waals surface area contributed by atoms with Crippen molar-refractivity contribution in [2.75, 3.05) is 0 Å². The zero-order chi connectivity index (χ0) is 16.8. The first-order valence-corrected chi connectivity index (χ1v) is 9.80. The third kappa shape index (κ3) is 2.64. The number of nitrogens with zero attached hydrogens (tertiary/aromatic N) is 2. The summed E-state index contributed by atoms with van der Waals surface area (Å²) in [6.45, 7) is 2.15. The molecule has 2 fully saturated rings. The van der Waals surface area contributed by atoms with Gasteiger partial charge in [0, 0.05) is 0 Å². The van der Waals surface area contributed by atoms with Crippen molar-refractivity contribution in [3.63, 3.8) is 0 Å². The van der Waals surface area contributed by atoms with Gasteiger partial charge in [0.2, 0.25) is 0 Å². The lowest BCUT2D eigenvalue weighted by Gasteiger charge is -2.28. The second kappa shape index (κ2) is 6.10. The Hall–Kier alpha value is -1.93. The Morgan fingerprint density at radius 3 is 2.28 bits per heavy atom. The molecule has 4 atom stereocenters. The van der Waals surface area contributed by atoms with Crippen LogP contribution in [0.25, 0.3) is 0 Å². The van der Waals surface area contributed by atoms with Gasteiger partial charge in [0.05, 0.1) is 17.8 Å². The minimum Gasteiger partial charge on any atom is -0.268 e. The van der Waals surface area contributed by atoms with Gasteiger partial charge in [-0.15, -0.1) is 0 Å². The molecule has 2 heterocycles. The number of aryl methyl sites for hydroxylation is 1. The van der Waals surface area contributed by atoms with Crippen LogP contribution in [0, 0.1) is 12.8 Å². The molecular weight excluding hydrogens is 304 g/mol. The van der Waals surface area contributed by atoms with Gasteiger partial charge in [0.25, 0.3) is 0 Å². The summed E-state index contributed by atoms with van der Waals surface area (Å²) in [6, 6.07) is 21.0. The summed E-state index contributed by atoms with van der Waals surface area (Å²) < 4.78 is 0. The van der Waals surface area contributed by atoms with Crippen LogP contribution in [0.15, 0.2) is 59.6 Å². The Bertz CT molecular complexity index is 771. The SMILES string of the molecule is Cc1ccc(C2=N[C@H](C3CCCCC3)N3[C@H]2[C@H]3c2ccccc2)cc1. The molecule has 0 N–H and O–H groups in total. The van der Waals surface area contributed by atoms with Crippen molar-refractivity contribution in [3.8, 4) is 0 Å². The fourth-order valence-corrected chi connectivity index (χ4v) is 4.91. The molecule has 2 aliphatic heterocycles. The van der Waals surface area contributed by atoms with Crippen LogP contribution in [0.1, 0.15) is 54.8 Å². The molecule has 2 aromatic rings. The summed E-state index contributed by atoms with van der Waals surface area (Å²) in [7, 11) is 0. The smallest absolute Gasteiger partial charge is 0.106 e. The molecule has 0 aromatic heterocycles. The number of hydrogen-bond donors (Lipinski definition) is 0. The first-order chi connectivity index (χ1) is 12.3. The highest BCUT2D eigenvalue weighted by Gasteiger charge is 2.60. The van der Waals surface area contributed by atoms with Gasteiger partial charge in [-0.2, -0.15) is 0 Å². The predicted molar refractivity (Wildman–Crippen MR) is 103 cm³/mol. The third-order valence-corrected chi connectivity index (χ3v) is 6.27. The van der Waals surface area contributed by atoms with Crippen molar-refractivity contribution in [2.45, 2.75) is 57.3 Å². The highest BCUT2D eigenvalue weighted by Crippen LogP contribution is 2.53. The van der Waals surface area contributed by atoms with Gasteiger partial charge < -0.3 is 0 Å². The van der Waals surface area contributed by atoms with E-state index < -0.39 is 0 Å². The molecule has 25 heavy (non-hydrogen) atoms. The molecular formula is C23H26N2. The van der Waals surface area contributed by atoms with Crippen LogP contribution in [-0.4, -0.2) is 22.8 Å². The van der Waals surface area contributed by atoms with Crippen LogP contribution in [0.2, 0.25) is 0 Å². The first kappa shape index (κ1) is 15.3. The minimum atomic E-state index is 0.395. The lowest BCUT2D eigenvalue weighted by molar-refractivity contribution is 0.219. The molecule has 1 aliphatic carbocycles. The summed E-state index contributed by atoms with van der Waals surface area (Å²) >= 11 is 0. The number of fused-ring (bicyclic) bond motifs is 1. The normalized spacial score (nSPS) is 31.5. The highest BCUT2D eigenvalue weighted by atomic mass is 15.5. The fraction of sp³-hybridized carbons (Fsp3) is 0.435. The molecule has 0 radical (unpaired) electrons. The quantitative estimate of drug-likeness (QED) is 0.712. The highest BCUT2D eigenvalue weighted by molar-refractivity contribution is 6.08. The van der Waals surface area contributed by atoms with Gasteiger partial charge >= 0.3 is 0 Å². The number of benzene rings is 2. The Morgan fingerprint density at radius 2 is 1.56 bits per heavy atom. The first-order valence-electron chi connectivity index (χ1n) is 9.80. The van der Waals surface area contributed by atoms with Crippen molar-refractivity contribution in [1.82, 2.24) is 4.90 Å².